The molecule has 1 aromatic heterocycles. The summed E-state index contributed by atoms with van der Waals surface area (Å²) >= 11 is 0. The Labute approximate surface area is 110 Å². The maximum Gasteiger partial charge on any atom is 0.354 e. The molecule has 100 valence electrons. The molecule has 1 aromatic carbocycles. The van der Waals surface area contributed by atoms with Gasteiger partial charge in [0.1, 0.15) is 17.2 Å². The Balaban J connectivity index is 2.30. The number of aromatic nitrogens is 2. The molecule has 19 heavy (non-hydrogen) atoms. The van der Waals surface area contributed by atoms with Crippen molar-refractivity contribution in [2.75, 3.05) is 7.11 Å². The highest BCUT2D eigenvalue weighted by atomic mass is 16.5. The number of ether oxygens (including phenoxy) is 2. The largest absolute Gasteiger partial charge is 0.497 e. The van der Waals surface area contributed by atoms with Crippen LogP contribution in [0.2, 0.25) is 0 Å². The molecule has 0 radical (unpaired) electrons. The van der Waals surface area contributed by atoms with Crippen LogP contribution in [0.4, 0.5) is 0 Å². The molecule has 0 aliphatic rings. The van der Waals surface area contributed by atoms with Crippen molar-refractivity contribution < 1.29 is 19.4 Å². The van der Waals surface area contributed by atoms with Gasteiger partial charge in [0.05, 0.1) is 13.3 Å². The van der Waals surface area contributed by atoms with Gasteiger partial charge >= 0.3 is 12.0 Å². The van der Waals surface area contributed by atoms with E-state index < -0.39 is 5.97 Å². The summed E-state index contributed by atoms with van der Waals surface area (Å²) in [5.41, 5.74) is 0.0976. The van der Waals surface area contributed by atoms with Gasteiger partial charge in [-0.25, -0.2) is 9.78 Å². The summed E-state index contributed by atoms with van der Waals surface area (Å²) in [6.45, 7) is 2.29. The van der Waals surface area contributed by atoms with E-state index in [1.807, 2.05) is 6.92 Å². The lowest BCUT2D eigenvalue weighted by Crippen LogP contribution is -2.08. The number of nitrogens with zero attached hydrogens (tertiary/aromatic N) is 2. The molecule has 0 bridgehead atoms. The van der Waals surface area contributed by atoms with Gasteiger partial charge < -0.3 is 14.6 Å². The summed E-state index contributed by atoms with van der Waals surface area (Å²) in [5.74, 6) is 0.164. The normalized spacial score (nSPS) is 10.2. The Morgan fingerprint density at radius 3 is 2.79 bits per heavy atom. The average Bonchev–Trinajstić information content (AvgIpc) is 2.82. The average molecular weight is 262 g/mol. The standard InChI is InChI=1S/C13H14N2O4/c1-3-15-11(12(16)17)8-14-13(15)19-10-6-4-5-9(7-10)18-2/h4-8H,3H2,1-2H3,(H,16,17). The number of methoxy groups -OCH3 is 1. The second-order valence-electron chi connectivity index (χ2n) is 3.76. The first-order chi connectivity index (χ1) is 9.15. The van der Waals surface area contributed by atoms with Crippen LogP contribution >= 0.6 is 0 Å². The van der Waals surface area contributed by atoms with Crippen molar-refractivity contribution in [2.24, 2.45) is 0 Å². The smallest absolute Gasteiger partial charge is 0.354 e. The van der Waals surface area contributed by atoms with E-state index in [1.54, 1.807) is 31.4 Å². The summed E-state index contributed by atoms with van der Waals surface area (Å²) in [7, 11) is 1.56. The number of benzene rings is 1. The number of carboxylic acids is 1. The van der Waals surface area contributed by atoms with E-state index >= 15 is 0 Å². The highest BCUT2D eigenvalue weighted by Gasteiger charge is 2.15. The molecule has 0 amide bonds. The lowest BCUT2D eigenvalue weighted by atomic mass is 10.3. The fraction of sp³-hybridized carbons (Fsp3) is 0.231. The van der Waals surface area contributed by atoms with E-state index in [4.69, 9.17) is 14.6 Å². The first-order valence-electron chi connectivity index (χ1n) is 5.76. The highest BCUT2D eigenvalue weighted by Crippen LogP contribution is 2.25. The highest BCUT2D eigenvalue weighted by molar-refractivity contribution is 5.85. The minimum Gasteiger partial charge on any atom is -0.497 e. The molecule has 0 aliphatic carbocycles. The van der Waals surface area contributed by atoms with Gasteiger partial charge in [-0.3, -0.25) is 4.57 Å². The van der Waals surface area contributed by atoms with Gasteiger partial charge in [-0.05, 0) is 19.1 Å². The first kappa shape index (κ1) is 12.9. The van der Waals surface area contributed by atoms with Crippen LogP contribution < -0.4 is 9.47 Å². The molecule has 0 spiro atoms. The van der Waals surface area contributed by atoms with Crippen molar-refractivity contribution in [3.05, 3.63) is 36.2 Å². The van der Waals surface area contributed by atoms with Crippen LogP contribution in [0.25, 0.3) is 0 Å². The monoisotopic (exact) mass is 262 g/mol. The first-order valence-corrected chi connectivity index (χ1v) is 5.76. The zero-order chi connectivity index (χ0) is 13.8. The van der Waals surface area contributed by atoms with E-state index in [0.29, 0.717) is 18.0 Å². The van der Waals surface area contributed by atoms with Crippen LogP contribution in [-0.4, -0.2) is 27.7 Å². The zero-order valence-corrected chi connectivity index (χ0v) is 10.7. The molecule has 2 aromatic rings. The topological polar surface area (TPSA) is 73.6 Å². The number of rotatable bonds is 5. The van der Waals surface area contributed by atoms with E-state index in [2.05, 4.69) is 4.98 Å². The number of hydrogen-bond donors (Lipinski definition) is 1. The molecule has 0 fully saturated rings. The van der Waals surface area contributed by atoms with Crippen LogP contribution in [0.5, 0.6) is 17.5 Å². The van der Waals surface area contributed by atoms with Crippen LogP contribution in [0.1, 0.15) is 17.4 Å². The third-order valence-corrected chi connectivity index (χ3v) is 2.60. The summed E-state index contributed by atoms with van der Waals surface area (Å²) < 4.78 is 12.2. The Morgan fingerprint density at radius 1 is 1.42 bits per heavy atom. The molecule has 6 heteroatoms. The van der Waals surface area contributed by atoms with Crippen molar-refractivity contribution in [1.82, 2.24) is 9.55 Å². The number of imidazole rings is 1. The Morgan fingerprint density at radius 2 is 2.16 bits per heavy atom. The molecule has 0 aliphatic heterocycles. The van der Waals surface area contributed by atoms with Crippen molar-refractivity contribution in [1.29, 1.82) is 0 Å². The fourth-order valence-corrected chi connectivity index (χ4v) is 1.69. The van der Waals surface area contributed by atoms with Crippen molar-refractivity contribution in [2.45, 2.75) is 13.5 Å². The van der Waals surface area contributed by atoms with Crippen molar-refractivity contribution >= 4 is 5.97 Å². The predicted octanol–water partition coefficient (Wildman–Crippen LogP) is 2.40. The van der Waals surface area contributed by atoms with Gasteiger partial charge in [0.2, 0.25) is 0 Å². The summed E-state index contributed by atoms with van der Waals surface area (Å²) in [4.78, 5) is 15.0. The van der Waals surface area contributed by atoms with E-state index in [0.717, 1.165) is 0 Å². The van der Waals surface area contributed by atoms with Crippen molar-refractivity contribution in [3.63, 3.8) is 0 Å². The van der Waals surface area contributed by atoms with Gasteiger partial charge in [0.15, 0.2) is 0 Å². The van der Waals surface area contributed by atoms with Crippen LogP contribution in [0, 0.1) is 0 Å². The van der Waals surface area contributed by atoms with Gasteiger partial charge in [-0.15, -0.1) is 0 Å². The Kier molecular flexibility index (Phi) is 3.70. The Hall–Kier alpha value is -2.50. The lowest BCUT2D eigenvalue weighted by Gasteiger charge is -2.09. The molecule has 0 unspecified atom stereocenters. The second-order valence-corrected chi connectivity index (χ2v) is 3.76. The van der Waals surface area contributed by atoms with Crippen LogP contribution in [0.15, 0.2) is 30.5 Å². The predicted molar refractivity (Wildman–Crippen MR) is 67.9 cm³/mol. The molecule has 0 saturated carbocycles. The maximum atomic E-state index is 11.0. The maximum absolute atomic E-state index is 11.0. The number of aromatic carboxylic acids is 1. The molecule has 2 rings (SSSR count). The van der Waals surface area contributed by atoms with E-state index in [9.17, 15) is 4.79 Å². The SMILES string of the molecule is CCn1c(C(=O)O)cnc1Oc1cccc(OC)c1. The fourth-order valence-electron chi connectivity index (χ4n) is 1.69. The zero-order valence-electron chi connectivity index (χ0n) is 10.7. The molecule has 1 N–H and O–H groups in total. The number of carboxylic acid groups (broad SMARTS) is 1. The Bertz CT molecular complexity index is 592. The summed E-state index contributed by atoms with van der Waals surface area (Å²) in [6.07, 6.45) is 1.28. The molecular formula is C13H14N2O4. The van der Waals surface area contributed by atoms with Gasteiger partial charge in [-0.1, -0.05) is 6.07 Å². The summed E-state index contributed by atoms with van der Waals surface area (Å²) in [6, 6.07) is 7.27. The second kappa shape index (κ2) is 5.43. The quantitative estimate of drug-likeness (QED) is 0.895. The van der Waals surface area contributed by atoms with Gasteiger partial charge in [0.25, 0.3) is 0 Å². The third kappa shape index (κ3) is 2.67. The van der Waals surface area contributed by atoms with Crippen molar-refractivity contribution in [3.8, 4) is 17.5 Å². The van der Waals surface area contributed by atoms with Gasteiger partial charge in [0, 0.05) is 12.6 Å². The minimum absolute atomic E-state index is 0.0976. The molecular weight excluding hydrogens is 248 g/mol. The minimum atomic E-state index is -1.03. The van der Waals surface area contributed by atoms with Gasteiger partial charge in [-0.2, -0.15) is 0 Å². The summed E-state index contributed by atoms with van der Waals surface area (Å²) in [5, 5.41) is 9.02. The molecule has 0 atom stereocenters. The van der Waals surface area contributed by atoms with Crippen LogP contribution in [0.3, 0.4) is 0 Å². The number of hydrogen-bond acceptors (Lipinski definition) is 4. The molecule has 0 saturated heterocycles. The van der Waals surface area contributed by atoms with E-state index in [-0.39, 0.29) is 11.7 Å². The molecule has 6 nitrogen and oxygen atoms in total. The molecule has 1 heterocycles. The van der Waals surface area contributed by atoms with E-state index in [1.165, 1.54) is 10.8 Å². The lowest BCUT2D eigenvalue weighted by molar-refractivity contribution is 0.0684. The number of carbonyl (C=O) groups is 1. The van der Waals surface area contributed by atoms with Crippen LogP contribution in [-0.2, 0) is 6.54 Å². The third-order valence-electron chi connectivity index (χ3n) is 2.60.